The van der Waals surface area contributed by atoms with E-state index < -0.39 is 29.6 Å². The molecule has 0 bridgehead atoms. The van der Waals surface area contributed by atoms with Gasteiger partial charge in [0.2, 0.25) is 5.91 Å². The molecule has 0 saturated carbocycles. The van der Waals surface area contributed by atoms with E-state index in [1.807, 2.05) is 0 Å². The molecule has 1 heterocycles. The monoisotopic (exact) mass is 320 g/mol. The molecule has 1 aliphatic heterocycles. The first-order chi connectivity index (χ1) is 9.70. The Balaban J connectivity index is 2.35. The van der Waals surface area contributed by atoms with Crippen LogP contribution < -0.4 is 5.73 Å². The number of carbonyl (C=O) groups excluding carboxylic acids is 2. The predicted molar refractivity (Wildman–Crippen MR) is 69.7 cm³/mol. The summed E-state index contributed by atoms with van der Waals surface area (Å²) >= 11 is 5.64. The van der Waals surface area contributed by atoms with Crippen molar-refractivity contribution in [1.29, 1.82) is 0 Å². The molecular formula is C13H12ClF3N2O2. The van der Waals surface area contributed by atoms with Crippen molar-refractivity contribution in [3.63, 3.8) is 0 Å². The molecule has 1 saturated heterocycles. The number of alkyl halides is 3. The summed E-state index contributed by atoms with van der Waals surface area (Å²) in [5, 5.41) is -0.192. The van der Waals surface area contributed by atoms with Crippen molar-refractivity contribution in [1.82, 2.24) is 4.90 Å². The molecule has 0 spiro atoms. The molecule has 0 aliphatic carbocycles. The number of nitrogens with zero attached hydrogens (tertiary/aromatic N) is 1. The maximum Gasteiger partial charge on any atom is 0.416 e. The van der Waals surface area contributed by atoms with Crippen molar-refractivity contribution in [3.05, 3.63) is 34.3 Å². The first-order valence-electron chi connectivity index (χ1n) is 6.18. The van der Waals surface area contributed by atoms with E-state index in [1.165, 1.54) is 4.90 Å². The Morgan fingerprint density at radius 2 is 1.95 bits per heavy atom. The molecule has 2 amide bonds. The second-order valence-electron chi connectivity index (χ2n) is 4.79. The van der Waals surface area contributed by atoms with Crippen LogP contribution in [0.3, 0.4) is 0 Å². The molecule has 1 aromatic rings. The van der Waals surface area contributed by atoms with Gasteiger partial charge in [-0.25, -0.2) is 0 Å². The van der Waals surface area contributed by atoms with Gasteiger partial charge in [-0.05, 0) is 31.0 Å². The van der Waals surface area contributed by atoms with Crippen molar-refractivity contribution in [3.8, 4) is 0 Å². The summed E-state index contributed by atoms with van der Waals surface area (Å²) in [5.74, 6) is -1.34. The predicted octanol–water partition coefficient (Wildman–Crippen LogP) is 2.45. The molecule has 2 rings (SSSR count). The number of halogens is 4. The van der Waals surface area contributed by atoms with E-state index >= 15 is 0 Å². The van der Waals surface area contributed by atoms with Crippen molar-refractivity contribution >= 4 is 23.4 Å². The first-order valence-corrected chi connectivity index (χ1v) is 6.56. The van der Waals surface area contributed by atoms with E-state index in [0.717, 1.165) is 18.2 Å². The zero-order valence-electron chi connectivity index (χ0n) is 10.8. The van der Waals surface area contributed by atoms with E-state index in [1.54, 1.807) is 0 Å². The highest BCUT2D eigenvalue weighted by molar-refractivity contribution is 6.31. The second-order valence-corrected chi connectivity index (χ2v) is 5.22. The molecule has 1 aliphatic rings. The Hall–Kier alpha value is -1.76. The molecule has 4 nitrogen and oxygen atoms in total. The molecule has 1 unspecified atom stereocenters. The van der Waals surface area contributed by atoms with E-state index in [0.29, 0.717) is 12.8 Å². The highest BCUT2D eigenvalue weighted by atomic mass is 35.5. The fourth-order valence-electron chi connectivity index (χ4n) is 2.35. The van der Waals surface area contributed by atoms with E-state index in [-0.39, 0.29) is 17.1 Å². The number of carbonyl (C=O) groups is 2. The summed E-state index contributed by atoms with van der Waals surface area (Å²) in [6, 6.07) is 1.83. The molecule has 0 aromatic heterocycles. The second kappa shape index (κ2) is 5.55. The lowest BCUT2D eigenvalue weighted by Crippen LogP contribution is -2.43. The summed E-state index contributed by atoms with van der Waals surface area (Å²) in [5.41, 5.74) is 3.98. The van der Waals surface area contributed by atoms with Gasteiger partial charge in [0.15, 0.2) is 0 Å². The maximum absolute atomic E-state index is 12.7. The van der Waals surface area contributed by atoms with Gasteiger partial charge in [0.05, 0.1) is 5.56 Å². The van der Waals surface area contributed by atoms with Gasteiger partial charge in [0.1, 0.15) is 6.04 Å². The van der Waals surface area contributed by atoms with Crippen LogP contribution in [0.5, 0.6) is 0 Å². The highest BCUT2D eigenvalue weighted by Gasteiger charge is 2.35. The Morgan fingerprint density at radius 3 is 2.52 bits per heavy atom. The number of benzene rings is 1. The summed E-state index contributed by atoms with van der Waals surface area (Å²) in [6.07, 6.45) is -3.62. The van der Waals surface area contributed by atoms with Crippen LogP contribution in [0.4, 0.5) is 13.2 Å². The summed E-state index contributed by atoms with van der Waals surface area (Å²) < 4.78 is 38.2. The lowest BCUT2D eigenvalue weighted by Gasteiger charge is -2.22. The van der Waals surface area contributed by atoms with Crippen molar-refractivity contribution < 1.29 is 22.8 Å². The Kier molecular flexibility index (Phi) is 4.13. The molecule has 8 heteroatoms. The van der Waals surface area contributed by atoms with Crippen LogP contribution >= 0.6 is 11.6 Å². The minimum Gasteiger partial charge on any atom is -0.368 e. The average molecular weight is 321 g/mol. The topological polar surface area (TPSA) is 63.4 Å². The van der Waals surface area contributed by atoms with Gasteiger partial charge in [-0.3, -0.25) is 9.59 Å². The van der Waals surface area contributed by atoms with Gasteiger partial charge in [-0.15, -0.1) is 0 Å². The van der Waals surface area contributed by atoms with Gasteiger partial charge < -0.3 is 10.6 Å². The fraction of sp³-hybridized carbons (Fsp3) is 0.385. The standard InChI is InChI=1S/C13H12ClF3N2O2/c14-9-5-7(4-8(6-9)13(15,16)17)12(21)19-3-1-2-10(19)11(18)20/h4-6,10H,1-3H2,(H2,18,20). The Bertz CT molecular complexity index is 589. The van der Waals surface area contributed by atoms with Gasteiger partial charge in [0.25, 0.3) is 5.91 Å². The number of primary amides is 1. The minimum absolute atomic E-state index is 0.192. The number of likely N-dealkylation sites (tertiary alicyclic amines) is 1. The lowest BCUT2D eigenvalue weighted by molar-refractivity contribution is -0.137. The van der Waals surface area contributed by atoms with Crippen molar-refractivity contribution in [2.24, 2.45) is 5.73 Å². The van der Waals surface area contributed by atoms with Crippen LogP contribution in [-0.4, -0.2) is 29.3 Å². The highest BCUT2D eigenvalue weighted by Crippen LogP contribution is 2.32. The third-order valence-corrected chi connectivity index (χ3v) is 3.53. The number of hydrogen-bond acceptors (Lipinski definition) is 2. The van der Waals surface area contributed by atoms with Gasteiger partial charge in [0, 0.05) is 17.1 Å². The summed E-state index contributed by atoms with van der Waals surface area (Å²) in [7, 11) is 0. The van der Waals surface area contributed by atoms with Crippen LogP contribution in [0.1, 0.15) is 28.8 Å². The van der Waals surface area contributed by atoms with E-state index in [9.17, 15) is 22.8 Å². The smallest absolute Gasteiger partial charge is 0.368 e. The van der Waals surface area contributed by atoms with Crippen LogP contribution in [0.15, 0.2) is 18.2 Å². The number of hydrogen-bond donors (Lipinski definition) is 1. The molecule has 1 fully saturated rings. The van der Waals surface area contributed by atoms with Gasteiger partial charge in [-0.1, -0.05) is 11.6 Å². The molecule has 1 aromatic carbocycles. The number of nitrogens with two attached hydrogens (primary N) is 1. The summed E-state index contributed by atoms with van der Waals surface area (Å²) in [6.45, 7) is 0.278. The molecule has 2 N–H and O–H groups in total. The number of rotatable bonds is 2. The van der Waals surface area contributed by atoms with Crippen molar-refractivity contribution in [2.75, 3.05) is 6.54 Å². The van der Waals surface area contributed by atoms with E-state index in [4.69, 9.17) is 17.3 Å². The van der Waals surface area contributed by atoms with E-state index in [2.05, 4.69) is 0 Å². The third kappa shape index (κ3) is 3.29. The SMILES string of the molecule is NC(=O)C1CCCN1C(=O)c1cc(Cl)cc(C(F)(F)F)c1. The maximum atomic E-state index is 12.7. The van der Waals surface area contributed by atoms with Crippen LogP contribution in [0.2, 0.25) is 5.02 Å². The zero-order chi connectivity index (χ0) is 15.8. The molecular weight excluding hydrogens is 309 g/mol. The average Bonchev–Trinajstić information content (AvgIpc) is 2.85. The van der Waals surface area contributed by atoms with Crippen LogP contribution in [0.25, 0.3) is 0 Å². The Labute approximate surface area is 123 Å². The summed E-state index contributed by atoms with van der Waals surface area (Å²) in [4.78, 5) is 24.7. The zero-order valence-corrected chi connectivity index (χ0v) is 11.5. The van der Waals surface area contributed by atoms with Crippen LogP contribution in [-0.2, 0) is 11.0 Å². The molecule has 0 radical (unpaired) electrons. The van der Waals surface area contributed by atoms with Crippen molar-refractivity contribution in [2.45, 2.75) is 25.1 Å². The molecule has 21 heavy (non-hydrogen) atoms. The van der Waals surface area contributed by atoms with Crippen LogP contribution in [0, 0.1) is 0 Å². The molecule has 114 valence electrons. The third-order valence-electron chi connectivity index (χ3n) is 3.31. The first kappa shape index (κ1) is 15.6. The fourth-order valence-corrected chi connectivity index (χ4v) is 2.58. The van der Waals surface area contributed by atoms with Gasteiger partial charge in [-0.2, -0.15) is 13.2 Å². The molecule has 1 atom stereocenters. The quantitative estimate of drug-likeness (QED) is 0.909. The number of amides is 2. The normalized spacial score (nSPS) is 18.9. The largest absolute Gasteiger partial charge is 0.416 e. The lowest BCUT2D eigenvalue weighted by atomic mass is 10.1. The Morgan fingerprint density at radius 1 is 1.29 bits per heavy atom. The minimum atomic E-state index is -4.60. The van der Waals surface area contributed by atoms with Gasteiger partial charge >= 0.3 is 6.18 Å².